The van der Waals surface area contributed by atoms with E-state index in [1.165, 1.54) is 25.2 Å². The minimum atomic E-state index is -0.534. The second-order valence-electron chi connectivity index (χ2n) is 5.10. The predicted octanol–water partition coefficient (Wildman–Crippen LogP) is 1.46. The SMILES string of the molecule is CNC(=O)c1ccc(OC2CCCC2CN)c([N+](=O)[O-])c1. The molecular formula is C14H19N3O4. The van der Waals surface area contributed by atoms with E-state index < -0.39 is 4.92 Å². The van der Waals surface area contributed by atoms with Gasteiger partial charge in [-0.05, 0) is 37.9 Å². The van der Waals surface area contributed by atoms with Gasteiger partial charge < -0.3 is 15.8 Å². The van der Waals surface area contributed by atoms with Gasteiger partial charge in [0.2, 0.25) is 0 Å². The first-order chi connectivity index (χ1) is 10.1. The molecule has 1 aliphatic rings. The van der Waals surface area contributed by atoms with Gasteiger partial charge in [-0.3, -0.25) is 14.9 Å². The molecule has 1 aromatic carbocycles. The van der Waals surface area contributed by atoms with Crippen LogP contribution in [0.1, 0.15) is 29.6 Å². The number of nitrogens with zero attached hydrogens (tertiary/aromatic N) is 1. The zero-order chi connectivity index (χ0) is 15.4. The molecule has 1 fully saturated rings. The maximum absolute atomic E-state index is 11.6. The maximum Gasteiger partial charge on any atom is 0.311 e. The molecule has 1 aliphatic carbocycles. The van der Waals surface area contributed by atoms with Crippen LogP contribution in [0.3, 0.4) is 0 Å². The van der Waals surface area contributed by atoms with Crippen molar-refractivity contribution in [2.75, 3.05) is 13.6 Å². The Morgan fingerprint density at radius 2 is 2.29 bits per heavy atom. The van der Waals surface area contributed by atoms with E-state index in [1.807, 2.05) is 0 Å². The highest BCUT2D eigenvalue weighted by atomic mass is 16.6. The van der Waals surface area contributed by atoms with E-state index in [0.29, 0.717) is 6.54 Å². The Bertz CT molecular complexity index is 547. The molecule has 0 saturated heterocycles. The van der Waals surface area contributed by atoms with Crippen LogP contribution in [0.2, 0.25) is 0 Å². The fraction of sp³-hybridized carbons (Fsp3) is 0.500. The van der Waals surface area contributed by atoms with Crippen LogP contribution in [0, 0.1) is 16.0 Å². The molecule has 3 N–H and O–H groups in total. The van der Waals surface area contributed by atoms with Crippen molar-refractivity contribution in [3.05, 3.63) is 33.9 Å². The number of rotatable bonds is 5. The van der Waals surface area contributed by atoms with E-state index in [1.54, 1.807) is 0 Å². The minimum Gasteiger partial charge on any atom is -0.483 e. The number of ether oxygens (including phenoxy) is 1. The topological polar surface area (TPSA) is 107 Å². The number of hydrogen-bond acceptors (Lipinski definition) is 5. The van der Waals surface area contributed by atoms with Gasteiger partial charge in [-0.15, -0.1) is 0 Å². The van der Waals surface area contributed by atoms with Gasteiger partial charge in [0.05, 0.1) is 4.92 Å². The first-order valence-corrected chi connectivity index (χ1v) is 6.94. The summed E-state index contributed by atoms with van der Waals surface area (Å²) in [7, 11) is 1.48. The summed E-state index contributed by atoms with van der Waals surface area (Å²) >= 11 is 0. The summed E-state index contributed by atoms with van der Waals surface area (Å²) in [4.78, 5) is 22.2. The Balaban J connectivity index is 2.26. The van der Waals surface area contributed by atoms with E-state index in [0.717, 1.165) is 19.3 Å². The van der Waals surface area contributed by atoms with Crippen molar-refractivity contribution in [2.45, 2.75) is 25.4 Å². The highest BCUT2D eigenvalue weighted by molar-refractivity contribution is 5.94. The van der Waals surface area contributed by atoms with E-state index in [2.05, 4.69) is 5.32 Å². The fourth-order valence-corrected chi connectivity index (χ4v) is 2.64. The minimum absolute atomic E-state index is 0.0976. The van der Waals surface area contributed by atoms with E-state index in [9.17, 15) is 14.9 Å². The summed E-state index contributed by atoms with van der Waals surface area (Å²) in [5.41, 5.74) is 5.73. The molecule has 0 aromatic heterocycles. The number of hydrogen-bond donors (Lipinski definition) is 2. The number of nitro benzene ring substituents is 1. The molecule has 2 atom stereocenters. The van der Waals surface area contributed by atoms with Crippen LogP contribution < -0.4 is 15.8 Å². The molecule has 0 radical (unpaired) electrons. The number of carbonyl (C=O) groups is 1. The molecule has 1 amide bonds. The van der Waals surface area contributed by atoms with E-state index in [4.69, 9.17) is 10.5 Å². The molecule has 0 aliphatic heterocycles. The van der Waals surface area contributed by atoms with Gasteiger partial charge in [0.1, 0.15) is 6.10 Å². The summed E-state index contributed by atoms with van der Waals surface area (Å²) in [5, 5.41) is 13.6. The Hall–Kier alpha value is -2.15. The third-order valence-electron chi connectivity index (χ3n) is 3.82. The second-order valence-corrected chi connectivity index (χ2v) is 5.10. The number of nitrogens with one attached hydrogen (secondary N) is 1. The number of benzene rings is 1. The molecule has 7 heteroatoms. The summed E-state index contributed by atoms with van der Waals surface area (Å²) in [6.07, 6.45) is 2.73. The monoisotopic (exact) mass is 293 g/mol. The Labute approximate surface area is 122 Å². The number of amides is 1. The normalized spacial score (nSPS) is 21.0. The van der Waals surface area contributed by atoms with Crippen LogP contribution in [-0.2, 0) is 0 Å². The van der Waals surface area contributed by atoms with E-state index >= 15 is 0 Å². The van der Waals surface area contributed by atoms with Crippen LogP contribution in [0.15, 0.2) is 18.2 Å². The van der Waals surface area contributed by atoms with Crippen molar-refractivity contribution in [1.29, 1.82) is 0 Å². The van der Waals surface area contributed by atoms with Gasteiger partial charge >= 0.3 is 5.69 Å². The molecule has 7 nitrogen and oxygen atoms in total. The summed E-state index contributed by atoms with van der Waals surface area (Å²) in [6, 6.07) is 4.24. The predicted molar refractivity (Wildman–Crippen MR) is 77.3 cm³/mol. The fourth-order valence-electron chi connectivity index (χ4n) is 2.64. The molecule has 2 rings (SSSR count). The average molecular weight is 293 g/mol. The molecule has 2 unspecified atom stereocenters. The Kier molecular flexibility index (Phi) is 4.74. The zero-order valence-corrected chi connectivity index (χ0v) is 11.9. The quantitative estimate of drug-likeness (QED) is 0.631. The summed E-state index contributed by atoms with van der Waals surface area (Å²) < 4.78 is 5.79. The molecule has 1 saturated carbocycles. The lowest BCUT2D eigenvalue weighted by atomic mass is 10.1. The van der Waals surface area contributed by atoms with Gasteiger partial charge in [-0.1, -0.05) is 0 Å². The van der Waals surface area contributed by atoms with E-state index in [-0.39, 0.29) is 34.9 Å². The zero-order valence-electron chi connectivity index (χ0n) is 11.9. The van der Waals surface area contributed by atoms with Crippen molar-refractivity contribution in [3.63, 3.8) is 0 Å². The first kappa shape index (κ1) is 15.2. The summed E-state index contributed by atoms with van der Waals surface area (Å²) in [6.45, 7) is 0.509. The van der Waals surface area contributed by atoms with Gasteiger partial charge in [-0.2, -0.15) is 0 Å². The second kappa shape index (κ2) is 6.53. The van der Waals surface area contributed by atoms with Crippen molar-refractivity contribution in [3.8, 4) is 5.75 Å². The smallest absolute Gasteiger partial charge is 0.311 e. The van der Waals surface area contributed by atoms with Crippen LogP contribution in [-0.4, -0.2) is 30.5 Å². The number of carbonyl (C=O) groups excluding carboxylic acids is 1. The molecule has 21 heavy (non-hydrogen) atoms. The highest BCUT2D eigenvalue weighted by Crippen LogP contribution is 2.34. The number of nitro groups is 1. The largest absolute Gasteiger partial charge is 0.483 e. The molecule has 0 bridgehead atoms. The first-order valence-electron chi connectivity index (χ1n) is 6.94. The van der Waals surface area contributed by atoms with Gasteiger partial charge in [0.15, 0.2) is 5.75 Å². The molecule has 1 aromatic rings. The van der Waals surface area contributed by atoms with Crippen LogP contribution in [0.5, 0.6) is 5.75 Å². The van der Waals surface area contributed by atoms with Crippen LogP contribution >= 0.6 is 0 Å². The third kappa shape index (κ3) is 3.30. The number of nitrogens with two attached hydrogens (primary N) is 1. The highest BCUT2D eigenvalue weighted by Gasteiger charge is 2.30. The van der Waals surface area contributed by atoms with Crippen LogP contribution in [0.25, 0.3) is 0 Å². The molecule has 0 heterocycles. The van der Waals surface area contributed by atoms with Gasteiger partial charge in [0, 0.05) is 24.6 Å². The maximum atomic E-state index is 11.6. The van der Waals surface area contributed by atoms with Crippen LogP contribution in [0.4, 0.5) is 5.69 Å². The van der Waals surface area contributed by atoms with Gasteiger partial charge in [0.25, 0.3) is 5.91 Å². The molecule has 114 valence electrons. The Morgan fingerprint density at radius 1 is 1.52 bits per heavy atom. The van der Waals surface area contributed by atoms with Crippen molar-refractivity contribution in [2.24, 2.45) is 11.7 Å². The lowest BCUT2D eigenvalue weighted by molar-refractivity contribution is -0.386. The summed E-state index contributed by atoms with van der Waals surface area (Å²) in [5.74, 6) is 0.0478. The average Bonchev–Trinajstić information content (AvgIpc) is 2.93. The lowest BCUT2D eigenvalue weighted by Crippen LogP contribution is -2.28. The molecule has 0 spiro atoms. The van der Waals surface area contributed by atoms with Gasteiger partial charge in [-0.25, -0.2) is 0 Å². The van der Waals surface area contributed by atoms with Crippen molar-refractivity contribution < 1.29 is 14.5 Å². The third-order valence-corrected chi connectivity index (χ3v) is 3.82. The Morgan fingerprint density at radius 3 is 2.90 bits per heavy atom. The standard InChI is InChI=1S/C14H19N3O4/c1-16-14(18)9-5-6-13(11(7-9)17(19)20)21-12-4-2-3-10(12)8-15/h5-7,10,12H,2-4,8,15H2,1H3,(H,16,18). The van der Waals surface area contributed by atoms with Crippen molar-refractivity contribution >= 4 is 11.6 Å². The molecular weight excluding hydrogens is 274 g/mol. The lowest BCUT2D eigenvalue weighted by Gasteiger charge is -2.19. The van der Waals surface area contributed by atoms with Crippen molar-refractivity contribution in [1.82, 2.24) is 5.32 Å².